The largest absolute Gasteiger partial charge is 0.490 e. The minimum atomic E-state index is -0.548. The van der Waals surface area contributed by atoms with Crippen molar-refractivity contribution in [2.45, 2.75) is 33.7 Å². The summed E-state index contributed by atoms with van der Waals surface area (Å²) in [6.07, 6.45) is 2.35. The smallest absolute Gasteiger partial charge is 0.252 e. The molecule has 0 unspecified atom stereocenters. The van der Waals surface area contributed by atoms with Crippen molar-refractivity contribution in [3.8, 4) is 11.5 Å². The van der Waals surface area contributed by atoms with Gasteiger partial charge < -0.3 is 30.7 Å². The van der Waals surface area contributed by atoms with Gasteiger partial charge in [-0.2, -0.15) is 0 Å². The molecule has 0 aliphatic carbocycles. The Bertz CT molecular complexity index is 1160. The van der Waals surface area contributed by atoms with Crippen LogP contribution in [0.5, 0.6) is 11.5 Å². The number of ether oxygens (including phenoxy) is 2. The molecule has 1 amide bonds. The number of pyridine rings is 1. The number of hydrogen-bond donors (Lipinski definition) is 3. The van der Waals surface area contributed by atoms with E-state index in [0.717, 1.165) is 37.1 Å². The lowest BCUT2D eigenvalue weighted by Gasteiger charge is -2.20. The Hall–Kier alpha value is -3.36. The van der Waals surface area contributed by atoms with Gasteiger partial charge in [-0.05, 0) is 57.6 Å². The van der Waals surface area contributed by atoms with Crippen LogP contribution >= 0.6 is 0 Å². The number of aromatic nitrogens is 1. The Labute approximate surface area is 207 Å². The van der Waals surface area contributed by atoms with Crippen molar-refractivity contribution in [1.29, 1.82) is 0 Å². The van der Waals surface area contributed by atoms with E-state index in [4.69, 9.17) is 15.2 Å². The number of hydrogen-bond acceptors (Lipinski definition) is 7. The van der Waals surface area contributed by atoms with E-state index >= 15 is 0 Å². The van der Waals surface area contributed by atoms with Crippen LogP contribution in [-0.4, -0.2) is 56.2 Å². The van der Waals surface area contributed by atoms with Crippen molar-refractivity contribution in [3.05, 3.63) is 53.2 Å². The maximum atomic E-state index is 12.4. The van der Waals surface area contributed by atoms with Crippen LogP contribution < -0.4 is 25.8 Å². The molecule has 8 heteroatoms. The molecule has 3 rings (SSSR count). The van der Waals surface area contributed by atoms with E-state index in [0.29, 0.717) is 41.5 Å². The average molecular weight is 480 g/mol. The van der Waals surface area contributed by atoms with Crippen molar-refractivity contribution in [2.24, 2.45) is 5.73 Å². The third-order valence-electron chi connectivity index (χ3n) is 5.74. The van der Waals surface area contributed by atoms with Crippen LogP contribution in [0, 0.1) is 0 Å². The van der Waals surface area contributed by atoms with Gasteiger partial charge >= 0.3 is 0 Å². The Kier molecular flexibility index (Phi) is 9.28. The maximum absolute atomic E-state index is 12.4. The number of carbonyl (C=O) groups is 1. The van der Waals surface area contributed by atoms with Gasteiger partial charge in [0.25, 0.3) is 5.91 Å². The molecule has 1 heterocycles. The highest BCUT2D eigenvalue weighted by atomic mass is 16.5. The fourth-order valence-corrected chi connectivity index (χ4v) is 4.05. The van der Waals surface area contributed by atoms with E-state index in [1.54, 1.807) is 0 Å². The average Bonchev–Trinajstić information content (AvgIpc) is 2.82. The van der Waals surface area contributed by atoms with Gasteiger partial charge in [0.2, 0.25) is 0 Å². The number of nitrogens with two attached hydrogens (primary N) is 1. The lowest BCUT2D eigenvalue weighted by atomic mass is 10.0. The number of nitrogens with zero attached hydrogens (tertiary/aromatic N) is 2. The lowest BCUT2D eigenvalue weighted by molar-refractivity contribution is 0.100. The van der Waals surface area contributed by atoms with Crippen LogP contribution in [0.2, 0.25) is 0 Å². The molecule has 1 aromatic heterocycles. The third kappa shape index (κ3) is 6.41. The van der Waals surface area contributed by atoms with Crippen LogP contribution in [0.4, 0.5) is 11.4 Å². The molecule has 8 nitrogen and oxygen atoms in total. The predicted molar refractivity (Wildman–Crippen MR) is 142 cm³/mol. The summed E-state index contributed by atoms with van der Waals surface area (Å²) >= 11 is 0. The van der Waals surface area contributed by atoms with E-state index in [1.807, 2.05) is 38.1 Å². The number of amides is 1. The number of fused-ring (bicyclic) bond motifs is 1. The standard InChI is InChI=1S/C27H37N5O3/c1-6-19-18(16-29-12-13-32(4)5)10-9-11-22(19)31-26-20-14-24(34-7-2)25(35-8-3)15-23(20)30-17-21(26)27(28)33/h9-11,14-15,17,29H,6-8,12-13,16H2,1-5H3,(H2,28,33)(H,30,31). The maximum Gasteiger partial charge on any atom is 0.252 e. The van der Waals surface area contributed by atoms with Gasteiger partial charge in [-0.1, -0.05) is 19.1 Å². The fourth-order valence-electron chi connectivity index (χ4n) is 4.05. The molecule has 0 atom stereocenters. The van der Waals surface area contributed by atoms with Gasteiger partial charge in [-0.15, -0.1) is 0 Å². The van der Waals surface area contributed by atoms with E-state index in [9.17, 15) is 4.79 Å². The molecular weight excluding hydrogens is 442 g/mol. The SMILES string of the molecule is CCOc1cc2ncc(C(N)=O)c(Nc3cccc(CNCCN(C)C)c3CC)c2cc1OCC. The van der Waals surface area contributed by atoms with Crippen molar-refractivity contribution in [1.82, 2.24) is 15.2 Å². The quantitative estimate of drug-likeness (QED) is 0.317. The first-order valence-corrected chi connectivity index (χ1v) is 12.1. The number of rotatable bonds is 13. The van der Waals surface area contributed by atoms with Crippen molar-refractivity contribution < 1.29 is 14.3 Å². The summed E-state index contributed by atoms with van der Waals surface area (Å²) in [6, 6.07) is 9.89. The molecule has 0 aliphatic rings. The normalized spacial score (nSPS) is 11.1. The Morgan fingerprint density at radius 2 is 1.80 bits per heavy atom. The summed E-state index contributed by atoms with van der Waals surface area (Å²) in [7, 11) is 4.13. The fraction of sp³-hybridized carbons (Fsp3) is 0.407. The molecule has 188 valence electrons. The second kappa shape index (κ2) is 12.4. The lowest BCUT2D eigenvalue weighted by Crippen LogP contribution is -2.26. The number of nitrogens with one attached hydrogen (secondary N) is 2. The van der Waals surface area contributed by atoms with Gasteiger partial charge in [-0.25, -0.2) is 0 Å². The van der Waals surface area contributed by atoms with Crippen LogP contribution in [0.1, 0.15) is 42.3 Å². The molecule has 4 N–H and O–H groups in total. The van der Waals surface area contributed by atoms with Gasteiger partial charge in [0.1, 0.15) is 0 Å². The first-order chi connectivity index (χ1) is 16.9. The van der Waals surface area contributed by atoms with Gasteiger partial charge in [0.15, 0.2) is 11.5 Å². The molecule has 35 heavy (non-hydrogen) atoms. The summed E-state index contributed by atoms with van der Waals surface area (Å²) in [5.41, 5.74) is 10.7. The summed E-state index contributed by atoms with van der Waals surface area (Å²) in [6.45, 7) is 9.59. The van der Waals surface area contributed by atoms with Crippen LogP contribution in [0.3, 0.4) is 0 Å². The molecule has 0 spiro atoms. The monoisotopic (exact) mass is 479 g/mol. The highest BCUT2D eigenvalue weighted by molar-refractivity contribution is 6.08. The first kappa shape index (κ1) is 26.2. The van der Waals surface area contributed by atoms with Crippen LogP contribution in [-0.2, 0) is 13.0 Å². The van der Waals surface area contributed by atoms with Gasteiger partial charge in [0.05, 0.1) is 30.0 Å². The van der Waals surface area contributed by atoms with E-state index in [1.165, 1.54) is 17.3 Å². The number of benzene rings is 2. The topological polar surface area (TPSA) is 102 Å². The molecule has 0 aliphatic heterocycles. The molecule has 0 fully saturated rings. The molecule has 3 aromatic rings. The zero-order valence-corrected chi connectivity index (χ0v) is 21.4. The third-order valence-corrected chi connectivity index (χ3v) is 5.74. The van der Waals surface area contributed by atoms with E-state index < -0.39 is 5.91 Å². The number of carbonyl (C=O) groups excluding carboxylic acids is 1. The predicted octanol–water partition coefficient (Wildman–Crippen LogP) is 4.09. The second-order valence-electron chi connectivity index (χ2n) is 8.50. The number of likely N-dealkylation sites (N-methyl/N-ethyl adjacent to an activating group) is 1. The Balaban J connectivity index is 2.06. The Morgan fingerprint density at radius 3 is 2.43 bits per heavy atom. The summed E-state index contributed by atoms with van der Waals surface area (Å²) < 4.78 is 11.6. The highest BCUT2D eigenvalue weighted by Crippen LogP contribution is 2.38. The zero-order chi connectivity index (χ0) is 25.4. The summed E-state index contributed by atoms with van der Waals surface area (Å²) in [5, 5.41) is 7.77. The second-order valence-corrected chi connectivity index (χ2v) is 8.50. The number of primary amides is 1. The summed E-state index contributed by atoms with van der Waals surface area (Å²) in [5.74, 6) is 0.670. The van der Waals surface area contributed by atoms with Gasteiger partial charge in [-0.3, -0.25) is 9.78 Å². The molecule has 0 saturated heterocycles. The molecule has 2 aromatic carbocycles. The highest BCUT2D eigenvalue weighted by Gasteiger charge is 2.18. The summed E-state index contributed by atoms with van der Waals surface area (Å²) in [4.78, 5) is 19.0. The minimum Gasteiger partial charge on any atom is -0.490 e. The van der Waals surface area contributed by atoms with Crippen molar-refractivity contribution in [3.63, 3.8) is 0 Å². The van der Waals surface area contributed by atoms with Crippen molar-refractivity contribution in [2.75, 3.05) is 45.7 Å². The number of anilines is 2. The molecule has 0 saturated carbocycles. The molecular formula is C27H37N5O3. The zero-order valence-electron chi connectivity index (χ0n) is 21.4. The first-order valence-electron chi connectivity index (χ1n) is 12.1. The van der Waals surface area contributed by atoms with E-state index in [-0.39, 0.29) is 0 Å². The Morgan fingerprint density at radius 1 is 1.09 bits per heavy atom. The van der Waals surface area contributed by atoms with E-state index in [2.05, 4.69) is 47.6 Å². The minimum absolute atomic E-state index is 0.320. The van der Waals surface area contributed by atoms with Crippen LogP contribution in [0.25, 0.3) is 10.9 Å². The molecule has 0 bridgehead atoms. The van der Waals surface area contributed by atoms with Gasteiger partial charge in [0, 0.05) is 43.0 Å². The van der Waals surface area contributed by atoms with Crippen LogP contribution in [0.15, 0.2) is 36.5 Å². The molecule has 0 radical (unpaired) electrons. The van der Waals surface area contributed by atoms with Crippen molar-refractivity contribution >= 4 is 28.2 Å².